The zero-order chi connectivity index (χ0) is 14.0. The number of carbonyl (C=O) groups is 4. The first-order valence-electron chi connectivity index (χ1n) is 6.00. The van der Waals surface area contributed by atoms with Crippen LogP contribution in [0.2, 0.25) is 0 Å². The van der Waals surface area contributed by atoms with Gasteiger partial charge in [0.15, 0.2) is 11.6 Å². The summed E-state index contributed by atoms with van der Waals surface area (Å²) in [5, 5.41) is 0.990. The van der Waals surface area contributed by atoms with E-state index in [0.717, 1.165) is 0 Å². The summed E-state index contributed by atoms with van der Waals surface area (Å²) < 4.78 is 4.58. The number of Topliss-reactive ketones (excluding diaryl/α,β-unsaturated/α-hetero) is 2. The number of esters is 2. The van der Waals surface area contributed by atoms with Crippen molar-refractivity contribution in [3.8, 4) is 0 Å². The SMILES string of the molecule is O=C1CC(=O)c2c1ccc1c3c(ccc21)C(=O)OC3=O. The molecule has 1 heterocycles. The van der Waals surface area contributed by atoms with Crippen LogP contribution in [0.4, 0.5) is 0 Å². The van der Waals surface area contributed by atoms with Crippen LogP contribution in [0.1, 0.15) is 47.9 Å². The van der Waals surface area contributed by atoms with Crippen molar-refractivity contribution in [1.29, 1.82) is 0 Å². The Labute approximate surface area is 112 Å². The van der Waals surface area contributed by atoms with E-state index in [1.165, 1.54) is 12.1 Å². The van der Waals surface area contributed by atoms with Crippen molar-refractivity contribution >= 4 is 34.3 Å². The zero-order valence-electron chi connectivity index (χ0n) is 10.1. The lowest BCUT2D eigenvalue weighted by Gasteiger charge is -2.05. The maximum Gasteiger partial charge on any atom is 0.347 e. The second-order valence-electron chi connectivity index (χ2n) is 4.77. The number of hydrogen-bond acceptors (Lipinski definition) is 5. The number of ketones is 2. The standard InChI is InChI=1S/C15H6O5/c16-10-5-11(17)12-6-2-4-9-13(15(19)20-14(9)18)7(6)1-3-8(10)12/h1-4H,5H2. The topological polar surface area (TPSA) is 77.5 Å². The molecule has 96 valence electrons. The highest BCUT2D eigenvalue weighted by atomic mass is 16.6. The van der Waals surface area contributed by atoms with Gasteiger partial charge in [-0.2, -0.15) is 0 Å². The van der Waals surface area contributed by atoms with Gasteiger partial charge >= 0.3 is 11.9 Å². The van der Waals surface area contributed by atoms with Crippen molar-refractivity contribution in [3.63, 3.8) is 0 Å². The number of ether oxygens (including phenoxy) is 1. The molecule has 0 saturated carbocycles. The van der Waals surface area contributed by atoms with Crippen molar-refractivity contribution in [1.82, 2.24) is 0 Å². The van der Waals surface area contributed by atoms with Gasteiger partial charge in [-0.25, -0.2) is 9.59 Å². The fraction of sp³-hybridized carbons (Fsp3) is 0.0667. The fourth-order valence-electron chi connectivity index (χ4n) is 2.85. The van der Waals surface area contributed by atoms with Crippen molar-refractivity contribution in [3.05, 3.63) is 46.5 Å². The van der Waals surface area contributed by atoms with Crippen molar-refractivity contribution in [2.45, 2.75) is 6.42 Å². The molecule has 0 radical (unpaired) electrons. The van der Waals surface area contributed by atoms with Crippen LogP contribution in [-0.4, -0.2) is 23.5 Å². The van der Waals surface area contributed by atoms with Gasteiger partial charge in [-0.05, 0) is 22.9 Å². The van der Waals surface area contributed by atoms with Crippen LogP contribution in [0.15, 0.2) is 24.3 Å². The predicted molar refractivity (Wildman–Crippen MR) is 67.0 cm³/mol. The van der Waals surface area contributed by atoms with Gasteiger partial charge in [0.05, 0.1) is 17.5 Å². The Morgan fingerprint density at radius 1 is 0.700 bits per heavy atom. The van der Waals surface area contributed by atoms with Gasteiger partial charge in [0.2, 0.25) is 0 Å². The Kier molecular flexibility index (Phi) is 1.87. The summed E-state index contributed by atoms with van der Waals surface area (Å²) in [7, 11) is 0. The van der Waals surface area contributed by atoms with Crippen molar-refractivity contribution in [2.75, 3.05) is 0 Å². The lowest BCUT2D eigenvalue weighted by molar-refractivity contribution is 0.0444. The van der Waals surface area contributed by atoms with E-state index >= 15 is 0 Å². The molecule has 0 unspecified atom stereocenters. The van der Waals surface area contributed by atoms with Crippen LogP contribution < -0.4 is 0 Å². The van der Waals surface area contributed by atoms with Crippen LogP contribution in [0, 0.1) is 0 Å². The Hall–Kier alpha value is -2.82. The number of carbonyl (C=O) groups excluding carboxylic acids is 4. The second-order valence-corrected chi connectivity index (χ2v) is 4.77. The molecular weight excluding hydrogens is 260 g/mol. The summed E-state index contributed by atoms with van der Waals surface area (Å²) in [6.45, 7) is 0. The monoisotopic (exact) mass is 266 g/mol. The molecule has 0 saturated heterocycles. The van der Waals surface area contributed by atoms with Crippen LogP contribution in [-0.2, 0) is 4.74 Å². The van der Waals surface area contributed by atoms with Gasteiger partial charge in [0.25, 0.3) is 0 Å². The van der Waals surface area contributed by atoms with Gasteiger partial charge in [0, 0.05) is 11.1 Å². The minimum Gasteiger partial charge on any atom is -0.386 e. The van der Waals surface area contributed by atoms with Crippen molar-refractivity contribution in [2.24, 2.45) is 0 Å². The lowest BCUT2D eigenvalue weighted by atomic mass is 9.94. The van der Waals surface area contributed by atoms with Gasteiger partial charge in [-0.3, -0.25) is 9.59 Å². The molecule has 0 atom stereocenters. The number of hydrogen-bond donors (Lipinski definition) is 0. The van der Waals surface area contributed by atoms with E-state index in [1.807, 2.05) is 0 Å². The molecule has 0 spiro atoms. The highest BCUT2D eigenvalue weighted by Gasteiger charge is 2.35. The molecular formula is C15H6O5. The van der Waals surface area contributed by atoms with E-state index in [-0.39, 0.29) is 29.1 Å². The first kappa shape index (κ1) is 11.0. The summed E-state index contributed by atoms with van der Waals surface area (Å²) in [5.74, 6) is -1.87. The molecule has 0 bridgehead atoms. The summed E-state index contributed by atoms with van der Waals surface area (Å²) in [4.78, 5) is 46.9. The van der Waals surface area contributed by atoms with E-state index in [0.29, 0.717) is 21.9 Å². The largest absolute Gasteiger partial charge is 0.386 e. The minimum atomic E-state index is -0.715. The average Bonchev–Trinajstić information content (AvgIpc) is 2.87. The quantitative estimate of drug-likeness (QED) is 0.537. The third-order valence-corrected chi connectivity index (χ3v) is 3.71. The normalized spacial score (nSPS) is 16.6. The zero-order valence-corrected chi connectivity index (χ0v) is 10.1. The summed E-state index contributed by atoms with van der Waals surface area (Å²) in [6.07, 6.45) is -0.144. The van der Waals surface area contributed by atoms with Gasteiger partial charge in [0.1, 0.15) is 0 Å². The molecule has 2 aromatic carbocycles. The number of benzene rings is 2. The lowest BCUT2D eigenvalue weighted by Crippen LogP contribution is -1.99. The van der Waals surface area contributed by atoms with Gasteiger partial charge in [-0.1, -0.05) is 12.1 Å². The maximum absolute atomic E-state index is 11.9. The third kappa shape index (κ3) is 1.17. The maximum atomic E-state index is 11.9. The first-order chi connectivity index (χ1) is 9.58. The molecule has 0 N–H and O–H groups in total. The van der Waals surface area contributed by atoms with Gasteiger partial charge < -0.3 is 4.74 Å². The van der Waals surface area contributed by atoms with E-state index < -0.39 is 11.9 Å². The smallest absolute Gasteiger partial charge is 0.347 e. The molecule has 2 aliphatic rings. The van der Waals surface area contributed by atoms with Crippen LogP contribution in [0.25, 0.3) is 10.8 Å². The Balaban J connectivity index is 2.17. The second kappa shape index (κ2) is 3.39. The summed E-state index contributed by atoms with van der Waals surface area (Å²) >= 11 is 0. The number of cyclic esters (lactones) is 2. The van der Waals surface area contributed by atoms with Crippen LogP contribution in [0.3, 0.4) is 0 Å². The van der Waals surface area contributed by atoms with Crippen LogP contribution in [0.5, 0.6) is 0 Å². The Morgan fingerprint density at radius 2 is 1.35 bits per heavy atom. The molecule has 2 aromatic rings. The summed E-state index contributed by atoms with van der Waals surface area (Å²) in [5.41, 5.74) is 1.07. The molecule has 1 aliphatic carbocycles. The van der Waals surface area contributed by atoms with E-state index in [1.54, 1.807) is 12.1 Å². The van der Waals surface area contributed by atoms with E-state index in [4.69, 9.17) is 0 Å². The fourth-order valence-corrected chi connectivity index (χ4v) is 2.85. The third-order valence-electron chi connectivity index (χ3n) is 3.71. The highest BCUT2D eigenvalue weighted by Crippen LogP contribution is 2.35. The average molecular weight is 266 g/mol. The number of fused-ring (bicyclic) bond motifs is 5. The molecule has 5 heteroatoms. The minimum absolute atomic E-state index is 0.144. The summed E-state index contributed by atoms with van der Waals surface area (Å²) in [6, 6.07) is 6.16. The van der Waals surface area contributed by atoms with E-state index in [9.17, 15) is 19.2 Å². The van der Waals surface area contributed by atoms with Crippen molar-refractivity contribution < 1.29 is 23.9 Å². The predicted octanol–water partition coefficient (Wildman–Crippen LogP) is 1.92. The highest BCUT2D eigenvalue weighted by molar-refractivity contribution is 6.31. The molecule has 0 fully saturated rings. The van der Waals surface area contributed by atoms with Crippen LogP contribution >= 0.6 is 0 Å². The Bertz CT molecular complexity index is 802. The molecule has 0 amide bonds. The molecule has 0 aromatic heterocycles. The number of rotatable bonds is 0. The Morgan fingerprint density at radius 3 is 2.10 bits per heavy atom. The van der Waals surface area contributed by atoms with Gasteiger partial charge in [-0.15, -0.1) is 0 Å². The van der Waals surface area contributed by atoms with E-state index in [2.05, 4.69) is 4.74 Å². The molecule has 4 rings (SSSR count). The first-order valence-corrected chi connectivity index (χ1v) is 6.00. The molecule has 1 aliphatic heterocycles. The molecule has 5 nitrogen and oxygen atoms in total. The molecule has 20 heavy (non-hydrogen) atoms.